The molecule has 0 aliphatic heterocycles. The van der Waals surface area contributed by atoms with Gasteiger partial charge < -0.3 is 9.47 Å². The molecule has 2 aromatic rings. The first-order chi connectivity index (χ1) is 9.28. The fourth-order valence-corrected chi connectivity index (χ4v) is 1.86. The maximum Gasteiger partial charge on any atom is 0.130 e. The van der Waals surface area contributed by atoms with Crippen molar-refractivity contribution in [3.8, 4) is 5.75 Å². The quantitative estimate of drug-likeness (QED) is 0.814. The first-order valence-electron chi connectivity index (χ1n) is 6.09. The van der Waals surface area contributed by atoms with E-state index in [1.54, 1.807) is 13.3 Å². The van der Waals surface area contributed by atoms with Crippen molar-refractivity contribution in [2.24, 2.45) is 0 Å². The van der Waals surface area contributed by atoms with E-state index in [9.17, 15) is 0 Å². The molecule has 0 unspecified atom stereocenters. The average Bonchev–Trinajstić information content (AvgIpc) is 2.46. The fraction of sp³-hybridized carbons (Fsp3) is 0.267. The Kier molecular flexibility index (Phi) is 5.36. The third-order valence-corrected chi connectivity index (χ3v) is 3.16. The SMILES string of the molecule is COCCc1ccc(OCc2ccc(Br)cn2)cc1. The van der Waals surface area contributed by atoms with Crippen LogP contribution in [0.3, 0.4) is 0 Å². The monoisotopic (exact) mass is 321 g/mol. The summed E-state index contributed by atoms with van der Waals surface area (Å²) in [5, 5.41) is 0. The number of methoxy groups -OCH3 is 1. The molecular weight excluding hydrogens is 306 g/mol. The van der Waals surface area contributed by atoms with E-state index in [2.05, 4.69) is 33.0 Å². The van der Waals surface area contributed by atoms with Crippen LogP contribution in [0.1, 0.15) is 11.3 Å². The van der Waals surface area contributed by atoms with Crippen LogP contribution in [0.5, 0.6) is 5.75 Å². The Morgan fingerprint density at radius 1 is 1.11 bits per heavy atom. The maximum absolute atomic E-state index is 5.68. The molecule has 3 nitrogen and oxygen atoms in total. The number of halogens is 1. The van der Waals surface area contributed by atoms with Crippen molar-refractivity contribution in [2.75, 3.05) is 13.7 Å². The number of hydrogen-bond acceptors (Lipinski definition) is 3. The minimum Gasteiger partial charge on any atom is -0.487 e. The molecule has 100 valence electrons. The van der Waals surface area contributed by atoms with E-state index in [-0.39, 0.29) is 0 Å². The summed E-state index contributed by atoms with van der Waals surface area (Å²) in [5.74, 6) is 0.853. The minimum absolute atomic E-state index is 0.477. The first-order valence-corrected chi connectivity index (χ1v) is 6.88. The molecule has 1 aromatic carbocycles. The van der Waals surface area contributed by atoms with Crippen molar-refractivity contribution in [1.82, 2.24) is 4.98 Å². The number of pyridine rings is 1. The van der Waals surface area contributed by atoms with Gasteiger partial charge in [0.05, 0.1) is 12.3 Å². The Balaban J connectivity index is 1.87. The van der Waals surface area contributed by atoms with Gasteiger partial charge in [-0.15, -0.1) is 0 Å². The van der Waals surface area contributed by atoms with E-state index in [0.29, 0.717) is 6.61 Å². The van der Waals surface area contributed by atoms with E-state index in [1.807, 2.05) is 24.3 Å². The lowest BCUT2D eigenvalue weighted by atomic mass is 10.1. The molecule has 4 heteroatoms. The highest BCUT2D eigenvalue weighted by Gasteiger charge is 1.98. The molecule has 1 aromatic heterocycles. The summed E-state index contributed by atoms with van der Waals surface area (Å²) in [4.78, 5) is 4.26. The topological polar surface area (TPSA) is 31.4 Å². The molecule has 0 aliphatic rings. The van der Waals surface area contributed by atoms with Gasteiger partial charge in [-0.2, -0.15) is 0 Å². The molecule has 0 fully saturated rings. The number of rotatable bonds is 6. The number of benzene rings is 1. The van der Waals surface area contributed by atoms with Crippen LogP contribution in [0.2, 0.25) is 0 Å². The van der Waals surface area contributed by atoms with Gasteiger partial charge in [-0.25, -0.2) is 0 Å². The Morgan fingerprint density at radius 3 is 2.53 bits per heavy atom. The van der Waals surface area contributed by atoms with Crippen LogP contribution in [0.15, 0.2) is 47.1 Å². The summed E-state index contributed by atoms with van der Waals surface area (Å²) in [6, 6.07) is 12.0. The van der Waals surface area contributed by atoms with Gasteiger partial charge in [0, 0.05) is 17.8 Å². The molecule has 0 amide bonds. The van der Waals surface area contributed by atoms with Crippen molar-refractivity contribution < 1.29 is 9.47 Å². The Labute approximate surface area is 121 Å². The van der Waals surface area contributed by atoms with Gasteiger partial charge in [-0.05, 0) is 52.2 Å². The predicted molar refractivity (Wildman–Crippen MR) is 78.3 cm³/mol. The van der Waals surface area contributed by atoms with Crippen LogP contribution in [0.25, 0.3) is 0 Å². The van der Waals surface area contributed by atoms with Gasteiger partial charge in [0.25, 0.3) is 0 Å². The molecule has 19 heavy (non-hydrogen) atoms. The molecule has 2 rings (SSSR count). The molecule has 1 heterocycles. The summed E-state index contributed by atoms with van der Waals surface area (Å²) in [6.07, 6.45) is 2.69. The Morgan fingerprint density at radius 2 is 1.89 bits per heavy atom. The second-order valence-corrected chi connectivity index (χ2v) is 5.06. The molecule has 0 saturated heterocycles. The second-order valence-electron chi connectivity index (χ2n) is 4.14. The highest BCUT2D eigenvalue weighted by atomic mass is 79.9. The zero-order valence-corrected chi connectivity index (χ0v) is 12.4. The smallest absolute Gasteiger partial charge is 0.130 e. The lowest BCUT2D eigenvalue weighted by Gasteiger charge is -2.07. The molecule has 0 saturated carbocycles. The number of ether oxygens (including phenoxy) is 2. The summed E-state index contributed by atoms with van der Waals surface area (Å²) in [5.41, 5.74) is 2.16. The largest absolute Gasteiger partial charge is 0.487 e. The van der Waals surface area contributed by atoms with Gasteiger partial charge in [-0.3, -0.25) is 4.98 Å². The Hall–Kier alpha value is -1.39. The Bertz CT molecular complexity index is 497. The zero-order chi connectivity index (χ0) is 13.5. The van der Waals surface area contributed by atoms with E-state index >= 15 is 0 Å². The first kappa shape index (κ1) is 14.0. The van der Waals surface area contributed by atoms with E-state index in [1.165, 1.54) is 5.56 Å². The molecule has 0 atom stereocenters. The van der Waals surface area contributed by atoms with Crippen molar-refractivity contribution in [3.05, 3.63) is 58.3 Å². The fourth-order valence-electron chi connectivity index (χ4n) is 1.62. The lowest BCUT2D eigenvalue weighted by molar-refractivity contribution is 0.202. The van der Waals surface area contributed by atoms with Gasteiger partial charge in [0.15, 0.2) is 0 Å². The van der Waals surface area contributed by atoms with Crippen molar-refractivity contribution in [3.63, 3.8) is 0 Å². The van der Waals surface area contributed by atoms with Crippen LogP contribution in [-0.4, -0.2) is 18.7 Å². The molecule has 0 N–H and O–H groups in total. The van der Waals surface area contributed by atoms with E-state index < -0.39 is 0 Å². The third-order valence-electron chi connectivity index (χ3n) is 2.69. The van der Waals surface area contributed by atoms with Crippen LogP contribution >= 0.6 is 15.9 Å². The number of aromatic nitrogens is 1. The highest BCUT2D eigenvalue weighted by molar-refractivity contribution is 9.10. The van der Waals surface area contributed by atoms with Crippen molar-refractivity contribution >= 4 is 15.9 Å². The second kappa shape index (κ2) is 7.26. The summed E-state index contributed by atoms with van der Waals surface area (Å²) < 4.78 is 11.7. The van der Waals surface area contributed by atoms with Gasteiger partial charge in [0.2, 0.25) is 0 Å². The lowest BCUT2D eigenvalue weighted by Crippen LogP contribution is -1.98. The molecule has 0 radical (unpaired) electrons. The zero-order valence-electron chi connectivity index (χ0n) is 10.8. The summed E-state index contributed by atoms with van der Waals surface area (Å²) in [6.45, 7) is 1.22. The molecular formula is C15H16BrNO2. The van der Waals surface area contributed by atoms with E-state index in [0.717, 1.165) is 28.9 Å². The number of hydrogen-bond donors (Lipinski definition) is 0. The minimum atomic E-state index is 0.477. The van der Waals surface area contributed by atoms with Crippen LogP contribution in [0, 0.1) is 0 Å². The van der Waals surface area contributed by atoms with Crippen LogP contribution in [0.4, 0.5) is 0 Å². The van der Waals surface area contributed by atoms with Crippen molar-refractivity contribution in [1.29, 1.82) is 0 Å². The number of nitrogens with zero attached hydrogens (tertiary/aromatic N) is 1. The summed E-state index contributed by atoms with van der Waals surface area (Å²) >= 11 is 3.36. The molecule has 0 bridgehead atoms. The standard InChI is InChI=1S/C15H16BrNO2/c1-18-9-8-12-2-6-15(7-3-12)19-11-14-5-4-13(16)10-17-14/h2-7,10H,8-9,11H2,1H3. The van der Waals surface area contributed by atoms with Gasteiger partial charge in [0.1, 0.15) is 12.4 Å². The predicted octanol–water partition coefficient (Wildman–Crippen LogP) is 3.61. The van der Waals surface area contributed by atoms with Crippen molar-refractivity contribution in [2.45, 2.75) is 13.0 Å². The maximum atomic E-state index is 5.68. The van der Waals surface area contributed by atoms with Crippen LogP contribution in [-0.2, 0) is 17.8 Å². The van der Waals surface area contributed by atoms with Crippen LogP contribution < -0.4 is 4.74 Å². The highest BCUT2D eigenvalue weighted by Crippen LogP contribution is 2.15. The average molecular weight is 322 g/mol. The third kappa shape index (κ3) is 4.65. The normalized spacial score (nSPS) is 10.4. The van der Waals surface area contributed by atoms with Gasteiger partial charge in [-0.1, -0.05) is 12.1 Å². The summed E-state index contributed by atoms with van der Waals surface area (Å²) in [7, 11) is 1.71. The molecule has 0 spiro atoms. The van der Waals surface area contributed by atoms with Gasteiger partial charge >= 0.3 is 0 Å². The molecule has 0 aliphatic carbocycles. The van der Waals surface area contributed by atoms with E-state index in [4.69, 9.17) is 9.47 Å².